The third-order valence-corrected chi connectivity index (χ3v) is 8.93. The number of nitrogens with zero attached hydrogens (tertiary/aromatic N) is 6. The number of imidazole rings is 1. The molecule has 10 nitrogen and oxygen atoms in total. The van der Waals surface area contributed by atoms with Gasteiger partial charge in [0.2, 0.25) is 23.4 Å². The van der Waals surface area contributed by atoms with Crippen LogP contribution in [0.5, 0.6) is 0 Å². The smallest absolute Gasteiger partial charge is 0.347 e. The van der Waals surface area contributed by atoms with E-state index in [0.29, 0.717) is 23.9 Å². The van der Waals surface area contributed by atoms with Crippen LogP contribution in [0.4, 0.5) is 22.0 Å². The molecule has 0 unspecified atom stereocenters. The van der Waals surface area contributed by atoms with Gasteiger partial charge >= 0.3 is 6.18 Å². The summed E-state index contributed by atoms with van der Waals surface area (Å²) in [5.41, 5.74) is 0.911. The molecule has 0 saturated heterocycles. The van der Waals surface area contributed by atoms with Crippen LogP contribution in [0.2, 0.25) is 0 Å². The largest absolute Gasteiger partial charge is 0.392 e. The first-order chi connectivity index (χ1) is 20.9. The number of aromatic nitrogens is 6. The second kappa shape index (κ2) is 11.7. The molecule has 2 N–H and O–H groups in total. The number of fused-ring (bicyclic) bond motifs is 1. The zero-order valence-electron chi connectivity index (χ0n) is 24.2. The van der Waals surface area contributed by atoms with Crippen LogP contribution in [0.3, 0.4) is 0 Å². The quantitative estimate of drug-likeness (QED) is 0.285. The molecule has 0 aromatic carbocycles. The van der Waals surface area contributed by atoms with Crippen molar-refractivity contribution in [3.63, 3.8) is 0 Å². The van der Waals surface area contributed by atoms with E-state index in [1.54, 1.807) is 27.5 Å². The summed E-state index contributed by atoms with van der Waals surface area (Å²) < 4.78 is 70.4. The van der Waals surface area contributed by atoms with Crippen LogP contribution in [0, 0.1) is 23.7 Å². The molecule has 6 rings (SSSR count). The molecule has 238 valence electrons. The van der Waals surface area contributed by atoms with Crippen LogP contribution in [0.25, 0.3) is 5.78 Å². The summed E-state index contributed by atoms with van der Waals surface area (Å²) in [5, 5.41) is 9.91. The molecule has 3 atom stereocenters. The number of alkyl halides is 5. The van der Waals surface area contributed by atoms with Gasteiger partial charge in [-0.25, -0.2) is 28.4 Å². The van der Waals surface area contributed by atoms with Gasteiger partial charge in [-0.05, 0) is 62.3 Å². The first kappa shape index (κ1) is 30.4. The molecule has 3 saturated carbocycles. The van der Waals surface area contributed by atoms with E-state index in [1.165, 1.54) is 6.33 Å². The van der Waals surface area contributed by atoms with Gasteiger partial charge < -0.3 is 10.6 Å². The van der Waals surface area contributed by atoms with Crippen molar-refractivity contribution in [1.82, 2.24) is 39.8 Å². The Kier molecular flexibility index (Phi) is 8.07. The highest BCUT2D eigenvalue weighted by Crippen LogP contribution is 2.43. The van der Waals surface area contributed by atoms with Crippen LogP contribution in [-0.2, 0) is 11.3 Å². The number of nitrogens with one attached hydrogen (secondary N) is 2. The third kappa shape index (κ3) is 7.01. The van der Waals surface area contributed by atoms with E-state index >= 15 is 0 Å². The second-order valence-corrected chi connectivity index (χ2v) is 12.6. The van der Waals surface area contributed by atoms with Gasteiger partial charge in [-0.15, -0.1) is 0 Å². The lowest BCUT2D eigenvalue weighted by Crippen LogP contribution is -2.38. The summed E-state index contributed by atoms with van der Waals surface area (Å²) in [5.74, 6) is -5.11. The molecule has 0 bridgehead atoms. The lowest BCUT2D eigenvalue weighted by atomic mass is 9.81. The number of hydrogen-bond acceptors (Lipinski definition) is 6. The number of rotatable bonds is 11. The molecule has 3 aromatic heterocycles. The van der Waals surface area contributed by atoms with Crippen LogP contribution in [0.15, 0.2) is 24.8 Å². The van der Waals surface area contributed by atoms with Crippen molar-refractivity contribution in [2.24, 2.45) is 23.7 Å². The molecule has 3 aliphatic carbocycles. The van der Waals surface area contributed by atoms with Gasteiger partial charge in [0.1, 0.15) is 6.33 Å². The summed E-state index contributed by atoms with van der Waals surface area (Å²) in [6, 6.07) is 0.420. The van der Waals surface area contributed by atoms with Crippen molar-refractivity contribution in [3.8, 4) is 0 Å². The molecule has 3 fully saturated rings. The van der Waals surface area contributed by atoms with Crippen LogP contribution >= 0.6 is 0 Å². The summed E-state index contributed by atoms with van der Waals surface area (Å²) in [4.78, 5) is 39.4. The Morgan fingerprint density at radius 1 is 1.00 bits per heavy atom. The Morgan fingerprint density at radius 2 is 1.66 bits per heavy atom. The zero-order valence-corrected chi connectivity index (χ0v) is 24.2. The van der Waals surface area contributed by atoms with Gasteiger partial charge in [0.15, 0.2) is 0 Å². The van der Waals surface area contributed by atoms with E-state index in [4.69, 9.17) is 0 Å². The Labute approximate surface area is 250 Å². The highest BCUT2D eigenvalue weighted by molar-refractivity contribution is 5.90. The maximum absolute atomic E-state index is 14.1. The average molecular weight is 623 g/mol. The minimum absolute atomic E-state index is 0.0495. The molecule has 3 aromatic rings. The first-order valence-electron chi connectivity index (χ1n) is 15.1. The van der Waals surface area contributed by atoms with Crippen molar-refractivity contribution in [2.45, 2.75) is 95.4 Å². The Balaban J connectivity index is 1.24. The van der Waals surface area contributed by atoms with Crippen LogP contribution < -0.4 is 10.6 Å². The van der Waals surface area contributed by atoms with E-state index in [0.717, 1.165) is 32.6 Å². The molecular weight excluding hydrogens is 587 g/mol. The average Bonchev–Trinajstić information content (AvgIpc) is 3.88. The van der Waals surface area contributed by atoms with E-state index in [-0.39, 0.29) is 49.1 Å². The van der Waals surface area contributed by atoms with Gasteiger partial charge in [0.25, 0.3) is 5.91 Å². The fourth-order valence-corrected chi connectivity index (χ4v) is 5.87. The predicted molar refractivity (Wildman–Crippen MR) is 146 cm³/mol. The highest BCUT2D eigenvalue weighted by atomic mass is 19.4. The number of carbonyl (C=O) groups excluding carboxylic acids is 2. The molecule has 0 radical (unpaired) electrons. The van der Waals surface area contributed by atoms with Crippen molar-refractivity contribution in [3.05, 3.63) is 42.0 Å². The molecule has 3 aliphatic rings. The standard InChI is InChI=1S/C29H35F5N8O2/c1-16(29(32,33)34)12-22(43)39-23(18-4-5-18)20-8-11-41-14-21(38-27(41)37-20)24(19-6-9-28(30,31)10-7-19)40-26(44)25-35-15-36-42(25)13-17-2-3-17/h8,11,14-19,23-24H,2-7,9-10,12-13H2,1H3,(H,39,43)(H,40,44)/t16-,23+,24-/m0/s1. The van der Waals surface area contributed by atoms with Crippen LogP contribution in [-0.4, -0.2) is 53.0 Å². The maximum Gasteiger partial charge on any atom is 0.392 e. The van der Waals surface area contributed by atoms with Crippen molar-refractivity contribution in [2.75, 3.05) is 0 Å². The lowest BCUT2D eigenvalue weighted by Gasteiger charge is -2.33. The number of hydrogen-bond donors (Lipinski definition) is 2. The fraction of sp³-hybridized carbons (Fsp3) is 0.655. The fourth-order valence-electron chi connectivity index (χ4n) is 5.87. The molecule has 3 heterocycles. The van der Waals surface area contributed by atoms with Crippen molar-refractivity contribution < 1.29 is 31.5 Å². The van der Waals surface area contributed by atoms with E-state index in [2.05, 4.69) is 30.7 Å². The Bertz CT molecular complexity index is 1500. The van der Waals surface area contributed by atoms with Gasteiger partial charge in [-0.3, -0.25) is 14.0 Å². The summed E-state index contributed by atoms with van der Waals surface area (Å²) in [6.07, 6.45) is 3.06. The third-order valence-electron chi connectivity index (χ3n) is 8.93. The van der Waals surface area contributed by atoms with Gasteiger partial charge in [0.05, 0.1) is 29.4 Å². The lowest BCUT2D eigenvalue weighted by molar-refractivity contribution is -0.174. The topological polar surface area (TPSA) is 119 Å². The van der Waals surface area contributed by atoms with E-state index < -0.39 is 48.3 Å². The number of halogens is 5. The van der Waals surface area contributed by atoms with E-state index in [1.807, 2.05) is 0 Å². The Hall–Kier alpha value is -3.65. The second-order valence-electron chi connectivity index (χ2n) is 12.6. The minimum Gasteiger partial charge on any atom is -0.347 e. The highest BCUT2D eigenvalue weighted by Gasteiger charge is 2.41. The Morgan fingerprint density at radius 3 is 2.32 bits per heavy atom. The van der Waals surface area contributed by atoms with Gasteiger partial charge in [-0.2, -0.15) is 18.3 Å². The predicted octanol–water partition coefficient (Wildman–Crippen LogP) is 5.18. The summed E-state index contributed by atoms with van der Waals surface area (Å²) in [7, 11) is 0. The first-order valence-corrected chi connectivity index (χ1v) is 15.1. The molecular formula is C29H35F5N8O2. The van der Waals surface area contributed by atoms with E-state index in [9.17, 15) is 31.5 Å². The maximum atomic E-state index is 14.1. The van der Waals surface area contributed by atoms with Crippen LogP contribution in [0.1, 0.15) is 98.8 Å². The summed E-state index contributed by atoms with van der Waals surface area (Å²) >= 11 is 0. The number of amides is 2. The normalized spacial score (nSPS) is 21.1. The van der Waals surface area contributed by atoms with Crippen molar-refractivity contribution >= 4 is 17.6 Å². The molecule has 0 aliphatic heterocycles. The van der Waals surface area contributed by atoms with Gasteiger partial charge in [-0.1, -0.05) is 6.92 Å². The molecule has 44 heavy (non-hydrogen) atoms. The van der Waals surface area contributed by atoms with Crippen molar-refractivity contribution in [1.29, 1.82) is 0 Å². The number of carbonyl (C=O) groups is 2. The molecule has 15 heteroatoms. The molecule has 0 spiro atoms. The zero-order chi connectivity index (χ0) is 31.2. The van der Waals surface area contributed by atoms with Gasteiger partial charge in [0, 0.05) is 38.2 Å². The molecule has 2 amide bonds. The monoisotopic (exact) mass is 622 g/mol. The minimum atomic E-state index is -4.47. The SMILES string of the molecule is C[C@@H](CC(=O)N[C@@H](c1ccn2cc([C@@H](NC(=O)c3ncnn3CC3CC3)C3CCC(F)(F)CC3)nc2n1)C1CC1)C(F)(F)F. The summed E-state index contributed by atoms with van der Waals surface area (Å²) in [6.45, 7) is 1.56.